The van der Waals surface area contributed by atoms with Crippen LogP contribution in [0.25, 0.3) is 10.9 Å². The number of ether oxygens (including phenoxy) is 1. The molecule has 0 spiro atoms. The van der Waals surface area contributed by atoms with Crippen molar-refractivity contribution in [1.29, 1.82) is 0 Å². The molecule has 3 aromatic carbocycles. The summed E-state index contributed by atoms with van der Waals surface area (Å²) in [5.41, 5.74) is 4.44. The van der Waals surface area contributed by atoms with Gasteiger partial charge >= 0.3 is 0 Å². The second kappa shape index (κ2) is 10.0. The zero-order valence-electron chi connectivity index (χ0n) is 16.7. The van der Waals surface area contributed by atoms with E-state index >= 15 is 0 Å². The summed E-state index contributed by atoms with van der Waals surface area (Å²) in [5, 5.41) is 2.14. The maximum absolute atomic E-state index is 5.94. The number of hydrogen-bond acceptors (Lipinski definition) is 3. The van der Waals surface area contributed by atoms with E-state index in [-0.39, 0.29) is 5.25 Å². The zero-order valence-corrected chi connectivity index (χ0v) is 18.3. The van der Waals surface area contributed by atoms with E-state index in [0.29, 0.717) is 6.61 Å². The molecule has 1 heterocycles. The van der Waals surface area contributed by atoms with Crippen molar-refractivity contribution in [2.75, 3.05) is 0 Å². The lowest BCUT2D eigenvalue weighted by Crippen LogP contribution is -1.99. The molecule has 0 aliphatic carbocycles. The molecule has 4 aromatic rings. The Morgan fingerprint density at radius 1 is 0.867 bits per heavy atom. The average Bonchev–Trinajstić information content (AvgIpc) is 2.79. The Hall–Kier alpha value is -2.49. The highest BCUT2D eigenvalue weighted by Gasteiger charge is 2.07. The summed E-state index contributed by atoms with van der Waals surface area (Å²) in [6.07, 6.45) is 3.14. The molecule has 0 fully saturated rings. The van der Waals surface area contributed by atoms with Crippen molar-refractivity contribution >= 4 is 35.1 Å². The van der Waals surface area contributed by atoms with Crippen molar-refractivity contribution in [2.45, 2.75) is 31.1 Å². The third-order valence-electron chi connectivity index (χ3n) is 5.16. The fourth-order valence-electron chi connectivity index (χ4n) is 3.45. The minimum absolute atomic E-state index is 0.216. The molecule has 0 aliphatic rings. The molecule has 0 amide bonds. The molecule has 30 heavy (non-hydrogen) atoms. The van der Waals surface area contributed by atoms with Crippen molar-refractivity contribution < 1.29 is 4.74 Å². The maximum atomic E-state index is 5.94. The van der Waals surface area contributed by atoms with E-state index < -0.39 is 0 Å². The first-order valence-corrected chi connectivity index (χ1v) is 11.1. The quantitative estimate of drug-likeness (QED) is 0.291. The number of nitrogens with zero attached hydrogens (tertiary/aromatic N) is 1. The molecule has 0 N–H and O–H groups in total. The first kappa shape index (κ1) is 20.8. The van der Waals surface area contributed by atoms with Crippen LogP contribution < -0.4 is 4.74 Å². The van der Waals surface area contributed by atoms with Gasteiger partial charge in [-0.15, -0.1) is 0 Å². The number of hydrogen-bond donors (Lipinski definition) is 1. The van der Waals surface area contributed by atoms with E-state index in [1.807, 2.05) is 48.5 Å². The second-order valence-corrected chi connectivity index (χ2v) is 8.45. The van der Waals surface area contributed by atoms with Crippen LogP contribution in [0.4, 0.5) is 0 Å². The van der Waals surface area contributed by atoms with Gasteiger partial charge in [-0.1, -0.05) is 60.1 Å². The predicted molar refractivity (Wildman–Crippen MR) is 129 cm³/mol. The van der Waals surface area contributed by atoms with E-state index in [1.54, 1.807) is 0 Å². The fourth-order valence-corrected chi connectivity index (χ4v) is 3.93. The summed E-state index contributed by atoms with van der Waals surface area (Å²) >= 11 is 10.7. The van der Waals surface area contributed by atoms with E-state index in [9.17, 15) is 0 Å². The Morgan fingerprint density at radius 2 is 1.63 bits per heavy atom. The molecule has 2 nitrogen and oxygen atoms in total. The summed E-state index contributed by atoms with van der Waals surface area (Å²) < 4.78 is 5.93. The van der Waals surface area contributed by atoms with Crippen LogP contribution in [0.5, 0.6) is 5.75 Å². The number of fused-ring (bicyclic) bond motifs is 1. The average molecular weight is 434 g/mol. The number of aromatic nitrogens is 1. The number of pyridine rings is 1. The van der Waals surface area contributed by atoms with Gasteiger partial charge < -0.3 is 4.74 Å². The van der Waals surface area contributed by atoms with Crippen molar-refractivity contribution in [3.05, 3.63) is 107 Å². The summed E-state index contributed by atoms with van der Waals surface area (Å²) in [7, 11) is 0. The molecule has 1 atom stereocenters. The molecule has 1 unspecified atom stereocenters. The van der Waals surface area contributed by atoms with Crippen LogP contribution in [0.1, 0.15) is 34.9 Å². The Kier molecular flexibility index (Phi) is 6.93. The number of para-hydroxylation sites is 1. The molecule has 0 aliphatic heterocycles. The number of benzene rings is 3. The first-order chi connectivity index (χ1) is 14.7. The van der Waals surface area contributed by atoms with Crippen LogP contribution in [0.3, 0.4) is 0 Å². The predicted octanol–water partition coefficient (Wildman–Crippen LogP) is 7.46. The SMILES string of the molecule is SC(CCCc1ccc(Cl)cc1)c1ccc(OCc2ccc3ccccc3n2)cc1. The molecule has 4 rings (SSSR count). The van der Waals surface area contributed by atoms with Gasteiger partial charge in [0, 0.05) is 15.7 Å². The topological polar surface area (TPSA) is 22.1 Å². The Labute approximate surface area is 188 Å². The summed E-state index contributed by atoms with van der Waals surface area (Å²) in [5.74, 6) is 0.843. The molecule has 152 valence electrons. The van der Waals surface area contributed by atoms with Gasteiger partial charge in [0.2, 0.25) is 0 Å². The largest absolute Gasteiger partial charge is 0.487 e. The van der Waals surface area contributed by atoms with Crippen molar-refractivity contribution in [3.8, 4) is 5.75 Å². The third-order valence-corrected chi connectivity index (χ3v) is 5.97. The standard InChI is InChI=1S/C26H24ClNOS/c27-22-13-8-19(9-14-22)4-3-7-26(30)21-11-16-24(17-12-21)29-18-23-15-10-20-5-1-2-6-25(20)28-23/h1-2,5-6,8-17,26,30H,3-4,7,18H2. The smallest absolute Gasteiger partial charge is 0.130 e. The summed E-state index contributed by atoms with van der Waals surface area (Å²) in [6.45, 7) is 0.454. The molecular formula is C26H24ClNOS. The number of rotatable bonds is 8. The van der Waals surface area contributed by atoms with E-state index in [4.69, 9.17) is 29.0 Å². The lowest BCUT2D eigenvalue weighted by atomic mass is 10.0. The first-order valence-electron chi connectivity index (χ1n) is 10.2. The second-order valence-electron chi connectivity index (χ2n) is 7.39. The fraction of sp³-hybridized carbons (Fsp3) is 0.192. The number of thiol groups is 1. The molecule has 0 saturated heterocycles. The van der Waals surface area contributed by atoms with Gasteiger partial charge in [-0.2, -0.15) is 12.6 Å². The Morgan fingerprint density at radius 3 is 2.43 bits per heavy atom. The Bertz CT molecular complexity index is 1100. The van der Waals surface area contributed by atoms with E-state index in [0.717, 1.165) is 46.6 Å². The molecule has 0 bridgehead atoms. The monoisotopic (exact) mass is 433 g/mol. The lowest BCUT2D eigenvalue weighted by Gasteiger charge is -2.12. The summed E-state index contributed by atoms with van der Waals surface area (Å²) in [4.78, 5) is 4.66. The highest BCUT2D eigenvalue weighted by Crippen LogP contribution is 2.28. The van der Waals surface area contributed by atoms with E-state index in [1.165, 1.54) is 11.1 Å². The highest BCUT2D eigenvalue weighted by atomic mass is 35.5. The van der Waals surface area contributed by atoms with Crippen molar-refractivity contribution in [3.63, 3.8) is 0 Å². The van der Waals surface area contributed by atoms with Crippen LogP contribution >= 0.6 is 24.2 Å². The van der Waals surface area contributed by atoms with Crippen LogP contribution in [0.2, 0.25) is 5.02 Å². The highest BCUT2D eigenvalue weighted by molar-refractivity contribution is 7.80. The lowest BCUT2D eigenvalue weighted by molar-refractivity contribution is 0.301. The van der Waals surface area contributed by atoms with Crippen LogP contribution in [0.15, 0.2) is 84.9 Å². The van der Waals surface area contributed by atoms with Gasteiger partial charge in [-0.25, -0.2) is 4.98 Å². The molecule has 4 heteroatoms. The van der Waals surface area contributed by atoms with Crippen LogP contribution in [-0.2, 0) is 13.0 Å². The van der Waals surface area contributed by atoms with Crippen molar-refractivity contribution in [2.24, 2.45) is 0 Å². The molecule has 1 aromatic heterocycles. The van der Waals surface area contributed by atoms with Gasteiger partial charge in [0.15, 0.2) is 0 Å². The van der Waals surface area contributed by atoms with Crippen LogP contribution in [0, 0.1) is 0 Å². The van der Waals surface area contributed by atoms with Crippen LogP contribution in [-0.4, -0.2) is 4.98 Å². The van der Waals surface area contributed by atoms with E-state index in [2.05, 4.69) is 41.4 Å². The summed E-state index contributed by atoms with van der Waals surface area (Å²) in [6, 6.07) is 28.5. The maximum Gasteiger partial charge on any atom is 0.130 e. The minimum atomic E-state index is 0.216. The number of halogens is 1. The Balaban J connectivity index is 1.27. The van der Waals surface area contributed by atoms with Gasteiger partial charge in [-0.05, 0) is 66.8 Å². The van der Waals surface area contributed by atoms with Gasteiger partial charge in [-0.3, -0.25) is 0 Å². The minimum Gasteiger partial charge on any atom is -0.487 e. The number of aryl methyl sites for hydroxylation is 1. The molecular weight excluding hydrogens is 410 g/mol. The normalized spacial score (nSPS) is 12.1. The molecule has 0 saturated carbocycles. The van der Waals surface area contributed by atoms with Gasteiger partial charge in [0.1, 0.15) is 12.4 Å². The zero-order chi connectivity index (χ0) is 20.8. The molecule has 0 radical (unpaired) electrons. The third kappa shape index (κ3) is 5.56. The van der Waals surface area contributed by atoms with Crippen molar-refractivity contribution in [1.82, 2.24) is 4.98 Å². The van der Waals surface area contributed by atoms with Gasteiger partial charge in [0.05, 0.1) is 11.2 Å². The van der Waals surface area contributed by atoms with Gasteiger partial charge in [0.25, 0.3) is 0 Å².